The van der Waals surface area contributed by atoms with Crippen molar-refractivity contribution in [1.29, 1.82) is 0 Å². The zero-order chi connectivity index (χ0) is 13.0. The Balaban J connectivity index is 3.18. The number of hydrogen-bond donors (Lipinski definition) is 1. The van der Waals surface area contributed by atoms with E-state index in [4.69, 9.17) is 0 Å². The number of benzene rings is 1. The van der Waals surface area contributed by atoms with Crippen LogP contribution in [0.1, 0.15) is 32.4 Å². The summed E-state index contributed by atoms with van der Waals surface area (Å²) >= 11 is 0. The van der Waals surface area contributed by atoms with Gasteiger partial charge < -0.3 is 10.0 Å². The molecule has 17 heavy (non-hydrogen) atoms. The van der Waals surface area contributed by atoms with Crippen molar-refractivity contribution < 1.29 is 9.50 Å². The molecule has 0 bridgehead atoms. The molecule has 1 aromatic carbocycles. The van der Waals surface area contributed by atoms with Crippen molar-refractivity contribution in [2.24, 2.45) is 0 Å². The van der Waals surface area contributed by atoms with E-state index in [-0.39, 0.29) is 5.82 Å². The molecule has 0 saturated heterocycles. The van der Waals surface area contributed by atoms with Gasteiger partial charge in [-0.3, -0.25) is 0 Å². The highest BCUT2D eigenvalue weighted by Gasteiger charge is 2.17. The van der Waals surface area contributed by atoms with Crippen LogP contribution >= 0.6 is 0 Å². The highest BCUT2D eigenvalue weighted by molar-refractivity contribution is 5.55. The van der Waals surface area contributed by atoms with Gasteiger partial charge in [0.1, 0.15) is 5.82 Å². The van der Waals surface area contributed by atoms with Crippen molar-refractivity contribution in [1.82, 2.24) is 0 Å². The van der Waals surface area contributed by atoms with Crippen LogP contribution in [0.3, 0.4) is 0 Å². The number of hydrogen-bond acceptors (Lipinski definition) is 2. The molecule has 3 heteroatoms. The maximum absolute atomic E-state index is 13.7. The summed E-state index contributed by atoms with van der Waals surface area (Å²) in [5, 5.41) is 9.67. The first-order valence-electron chi connectivity index (χ1n) is 5.83. The summed E-state index contributed by atoms with van der Waals surface area (Å²) in [5.41, 5.74) is 2.11. The van der Waals surface area contributed by atoms with Gasteiger partial charge in [-0.05, 0) is 32.9 Å². The lowest BCUT2D eigenvalue weighted by molar-refractivity contribution is 0.194. The molecule has 0 saturated carbocycles. The molecule has 1 N–H and O–H groups in total. The predicted molar refractivity (Wildman–Crippen MR) is 69.7 cm³/mol. The average Bonchev–Trinajstić information content (AvgIpc) is 2.24. The van der Waals surface area contributed by atoms with E-state index in [2.05, 4.69) is 6.58 Å². The number of halogens is 1. The maximum atomic E-state index is 13.7. The third-order valence-corrected chi connectivity index (χ3v) is 2.63. The minimum atomic E-state index is -0.814. The van der Waals surface area contributed by atoms with Crippen LogP contribution in [0.15, 0.2) is 30.4 Å². The van der Waals surface area contributed by atoms with Gasteiger partial charge in [0.05, 0.1) is 6.10 Å². The highest BCUT2D eigenvalue weighted by atomic mass is 19.1. The van der Waals surface area contributed by atoms with Crippen molar-refractivity contribution in [3.8, 4) is 0 Å². The van der Waals surface area contributed by atoms with Crippen LogP contribution in [0, 0.1) is 5.82 Å². The van der Waals surface area contributed by atoms with E-state index in [0.717, 1.165) is 17.8 Å². The second kappa shape index (κ2) is 5.82. The van der Waals surface area contributed by atoms with Gasteiger partial charge in [0.2, 0.25) is 0 Å². The van der Waals surface area contributed by atoms with E-state index in [1.165, 1.54) is 6.07 Å². The molecule has 1 unspecified atom stereocenters. The molecule has 0 aliphatic carbocycles. The Morgan fingerprint density at radius 2 is 2.18 bits per heavy atom. The van der Waals surface area contributed by atoms with Crippen LogP contribution in [0.4, 0.5) is 10.1 Å². The number of rotatable bonds is 5. The van der Waals surface area contributed by atoms with Crippen LogP contribution < -0.4 is 4.90 Å². The van der Waals surface area contributed by atoms with E-state index in [1.807, 2.05) is 24.8 Å². The molecule has 1 atom stereocenters. The Labute approximate surface area is 102 Å². The van der Waals surface area contributed by atoms with Gasteiger partial charge in [-0.2, -0.15) is 0 Å². The molecule has 0 radical (unpaired) electrons. The van der Waals surface area contributed by atoms with E-state index >= 15 is 0 Å². The SMILES string of the molecule is C=C(C)CN(CC)c1cccc(F)c1C(C)O. The molecule has 2 nitrogen and oxygen atoms in total. The fraction of sp³-hybridized carbons (Fsp3) is 0.429. The molecule has 0 aliphatic rings. The molecule has 0 heterocycles. The van der Waals surface area contributed by atoms with Gasteiger partial charge >= 0.3 is 0 Å². The first-order chi connectivity index (χ1) is 7.97. The molecular weight excluding hydrogens is 217 g/mol. The minimum Gasteiger partial charge on any atom is -0.389 e. The largest absolute Gasteiger partial charge is 0.389 e. The average molecular weight is 237 g/mol. The second-order valence-corrected chi connectivity index (χ2v) is 4.32. The molecule has 0 aliphatic heterocycles. The fourth-order valence-electron chi connectivity index (χ4n) is 1.91. The summed E-state index contributed by atoms with van der Waals surface area (Å²) in [4.78, 5) is 2.01. The fourth-order valence-corrected chi connectivity index (χ4v) is 1.91. The van der Waals surface area contributed by atoms with Gasteiger partial charge in [-0.25, -0.2) is 4.39 Å². The number of aliphatic hydroxyl groups excluding tert-OH is 1. The molecule has 1 aromatic rings. The molecular formula is C14H20FNO. The number of aliphatic hydroxyl groups is 1. The summed E-state index contributed by atoms with van der Waals surface area (Å²) in [6.45, 7) is 10.8. The van der Waals surface area contributed by atoms with E-state index < -0.39 is 6.10 Å². The molecule has 0 fully saturated rings. The van der Waals surface area contributed by atoms with Gasteiger partial charge in [-0.1, -0.05) is 18.2 Å². The van der Waals surface area contributed by atoms with Crippen LogP contribution in [0.2, 0.25) is 0 Å². The predicted octanol–water partition coefficient (Wildman–Crippen LogP) is 3.28. The van der Waals surface area contributed by atoms with Gasteiger partial charge in [0.15, 0.2) is 0 Å². The van der Waals surface area contributed by atoms with Crippen LogP contribution in [-0.4, -0.2) is 18.2 Å². The molecule has 0 spiro atoms. The second-order valence-electron chi connectivity index (χ2n) is 4.32. The van der Waals surface area contributed by atoms with Crippen molar-refractivity contribution in [2.45, 2.75) is 26.9 Å². The van der Waals surface area contributed by atoms with Crippen LogP contribution in [0.5, 0.6) is 0 Å². The first-order valence-corrected chi connectivity index (χ1v) is 5.83. The lowest BCUT2D eigenvalue weighted by Gasteiger charge is -2.27. The number of anilines is 1. The third-order valence-electron chi connectivity index (χ3n) is 2.63. The van der Waals surface area contributed by atoms with E-state index in [1.54, 1.807) is 13.0 Å². The monoisotopic (exact) mass is 237 g/mol. The Morgan fingerprint density at radius 1 is 1.53 bits per heavy atom. The summed E-state index contributed by atoms with van der Waals surface area (Å²) in [7, 11) is 0. The summed E-state index contributed by atoms with van der Waals surface area (Å²) < 4.78 is 13.7. The Kier molecular flexibility index (Phi) is 4.70. The standard InChI is InChI=1S/C14H20FNO/c1-5-16(9-10(2)3)13-8-6-7-12(15)14(13)11(4)17/h6-8,11,17H,2,5,9H2,1,3-4H3. The lowest BCUT2D eigenvalue weighted by atomic mass is 10.1. The zero-order valence-corrected chi connectivity index (χ0v) is 10.7. The number of likely N-dealkylation sites (N-methyl/N-ethyl adjacent to an activating group) is 1. The molecule has 94 valence electrons. The maximum Gasteiger partial charge on any atom is 0.131 e. The molecule has 0 amide bonds. The Morgan fingerprint density at radius 3 is 2.65 bits per heavy atom. The Bertz CT molecular complexity index is 401. The number of nitrogens with zero attached hydrogens (tertiary/aromatic N) is 1. The van der Waals surface area contributed by atoms with Crippen molar-refractivity contribution in [3.63, 3.8) is 0 Å². The first kappa shape index (κ1) is 13.7. The smallest absolute Gasteiger partial charge is 0.131 e. The van der Waals surface area contributed by atoms with Crippen molar-refractivity contribution in [3.05, 3.63) is 41.7 Å². The van der Waals surface area contributed by atoms with Gasteiger partial charge in [0.25, 0.3) is 0 Å². The van der Waals surface area contributed by atoms with E-state index in [9.17, 15) is 9.50 Å². The topological polar surface area (TPSA) is 23.5 Å². The molecule has 0 aromatic heterocycles. The highest BCUT2D eigenvalue weighted by Crippen LogP contribution is 2.29. The zero-order valence-electron chi connectivity index (χ0n) is 10.7. The quantitative estimate of drug-likeness (QED) is 0.794. The summed E-state index contributed by atoms with van der Waals surface area (Å²) in [6, 6.07) is 4.87. The van der Waals surface area contributed by atoms with Gasteiger partial charge in [0, 0.05) is 24.3 Å². The molecule has 1 rings (SSSR count). The van der Waals surface area contributed by atoms with E-state index in [0.29, 0.717) is 12.1 Å². The van der Waals surface area contributed by atoms with Crippen LogP contribution in [0.25, 0.3) is 0 Å². The van der Waals surface area contributed by atoms with Crippen molar-refractivity contribution in [2.75, 3.05) is 18.0 Å². The van der Waals surface area contributed by atoms with Gasteiger partial charge in [-0.15, -0.1) is 0 Å². The Hall–Kier alpha value is -1.35. The normalized spacial score (nSPS) is 12.3. The summed E-state index contributed by atoms with van der Waals surface area (Å²) in [6.07, 6.45) is -0.814. The lowest BCUT2D eigenvalue weighted by Crippen LogP contribution is -2.26. The third kappa shape index (κ3) is 3.30. The summed E-state index contributed by atoms with van der Waals surface area (Å²) in [5.74, 6) is -0.363. The minimum absolute atomic E-state index is 0.357. The van der Waals surface area contributed by atoms with Crippen molar-refractivity contribution >= 4 is 5.69 Å². The van der Waals surface area contributed by atoms with Crippen LogP contribution in [-0.2, 0) is 0 Å².